The van der Waals surface area contributed by atoms with E-state index in [-0.39, 0.29) is 32.6 Å². The molecule has 1 aliphatic heterocycles. The Morgan fingerprint density at radius 3 is 2.28 bits per heavy atom. The SMILES string of the molecule is O=C1S/C(=C\c2c(F)cccc2Cl)C(=O)N1Cc1c(F)cccc1Cl. The molecule has 1 saturated heterocycles. The van der Waals surface area contributed by atoms with Crippen LogP contribution in [0.25, 0.3) is 6.08 Å². The van der Waals surface area contributed by atoms with Crippen LogP contribution in [0.5, 0.6) is 0 Å². The summed E-state index contributed by atoms with van der Waals surface area (Å²) in [7, 11) is 0. The van der Waals surface area contributed by atoms with Crippen LogP contribution < -0.4 is 0 Å². The lowest BCUT2D eigenvalue weighted by Crippen LogP contribution is -2.28. The molecule has 0 radical (unpaired) electrons. The molecule has 3 nitrogen and oxygen atoms in total. The molecule has 25 heavy (non-hydrogen) atoms. The van der Waals surface area contributed by atoms with Crippen molar-refractivity contribution >= 4 is 52.2 Å². The molecule has 0 aromatic heterocycles. The predicted octanol–water partition coefficient (Wildman–Crippen LogP) is 5.51. The number of carbonyl (C=O) groups excluding carboxylic acids is 2. The zero-order valence-electron chi connectivity index (χ0n) is 12.4. The second kappa shape index (κ2) is 7.15. The third kappa shape index (κ3) is 3.56. The Hall–Kier alpha value is -1.89. The van der Waals surface area contributed by atoms with Gasteiger partial charge in [-0.2, -0.15) is 0 Å². The van der Waals surface area contributed by atoms with E-state index in [1.54, 1.807) is 0 Å². The number of imide groups is 1. The van der Waals surface area contributed by atoms with Crippen LogP contribution in [0.4, 0.5) is 13.6 Å². The normalized spacial score (nSPS) is 16.2. The summed E-state index contributed by atoms with van der Waals surface area (Å²) in [5.74, 6) is -1.89. The van der Waals surface area contributed by atoms with Crippen LogP contribution in [0.15, 0.2) is 41.3 Å². The molecule has 0 N–H and O–H groups in total. The summed E-state index contributed by atoms with van der Waals surface area (Å²) in [5.41, 5.74) is 0.0511. The lowest BCUT2D eigenvalue weighted by Gasteiger charge is -2.14. The number of carbonyl (C=O) groups is 2. The van der Waals surface area contributed by atoms with Crippen LogP contribution in [-0.2, 0) is 11.3 Å². The minimum Gasteiger partial charge on any atom is -0.268 e. The Morgan fingerprint density at radius 1 is 1.00 bits per heavy atom. The maximum atomic E-state index is 13.9. The molecule has 1 heterocycles. The minimum absolute atomic E-state index is 0.00413. The smallest absolute Gasteiger partial charge is 0.268 e. The van der Waals surface area contributed by atoms with E-state index in [2.05, 4.69) is 0 Å². The highest BCUT2D eigenvalue weighted by Crippen LogP contribution is 2.36. The quantitative estimate of drug-likeness (QED) is 0.638. The Labute approximate surface area is 156 Å². The fraction of sp³-hybridized carbons (Fsp3) is 0.0588. The van der Waals surface area contributed by atoms with Gasteiger partial charge < -0.3 is 0 Å². The first kappa shape index (κ1) is 17.9. The Morgan fingerprint density at radius 2 is 1.64 bits per heavy atom. The van der Waals surface area contributed by atoms with E-state index in [4.69, 9.17) is 23.2 Å². The van der Waals surface area contributed by atoms with Crippen LogP contribution in [-0.4, -0.2) is 16.0 Å². The minimum atomic E-state index is -0.659. The fourth-order valence-corrected chi connectivity index (χ4v) is 3.52. The maximum Gasteiger partial charge on any atom is 0.293 e. The molecule has 0 unspecified atom stereocenters. The number of hydrogen-bond acceptors (Lipinski definition) is 3. The second-order valence-corrected chi connectivity index (χ2v) is 6.91. The largest absolute Gasteiger partial charge is 0.293 e. The monoisotopic (exact) mass is 399 g/mol. The zero-order valence-corrected chi connectivity index (χ0v) is 14.8. The van der Waals surface area contributed by atoms with Crippen molar-refractivity contribution in [2.45, 2.75) is 6.54 Å². The lowest BCUT2D eigenvalue weighted by molar-refractivity contribution is -0.123. The fourth-order valence-electron chi connectivity index (χ4n) is 2.26. The van der Waals surface area contributed by atoms with E-state index in [0.717, 1.165) is 4.90 Å². The van der Waals surface area contributed by atoms with Crippen LogP contribution >= 0.6 is 35.0 Å². The number of amides is 2. The highest BCUT2D eigenvalue weighted by atomic mass is 35.5. The zero-order chi connectivity index (χ0) is 18.1. The summed E-state index contributed by atoms with van der Waals surface area (Å²) in [6, 6.07) is 8.18. The Kier molecular flexibility index (Phi) is 5.13. The molecule has 8 heteroatoms. The summed E-state index contributed by atoms with van der Waals surface area (Å²) in [6.07, 6.45) is 1.21. The highest BCUT2D eigenvalue weighted by molar-refractivity contribution is 8.18. The van der Waals surface area contributed by atoms with E-state index in [1.165, 1.54) is 42.5 Å². The van der Waals surface area contributed by atoms with E-state index in [0.29, 0.717) is 11.8 Å². The molecule has 0 saturated carbocycles. The van der Waals surface area contributed by atoms with Gasteiger partial charge in [0.25, 0.3) is 11.1 Å². The molecule has 0 bridgehead atoms. The number of rotatable bonds is 3. The summed E-state index contributed by atoms with van der Waals surface area (Å²) >= 11 is 12.5. The van der Waals surface area contributed by atoms with Gasteiger partial charge in [0.1, 0.15) is 11.6 Å². The summed E-state index contributed by atoms with van der Waals surface area (Å²) in [4.78, 5) is 25.4. The molecule has 128 valence electrons. The van der Waals surface area contributed by atoms with Gasteiger partial charge in [-0.25, -0.2) is 8.78 Å². The molecule has 0 atom stereocenters. The van der Waals surface area contributed by atoms with Gasteiger partial charge in [-0.05, 0) is 42.1 Å². The lowest BCUT2D eigenvalue weighted by atomic mass is 10.1. The topological polar surface area (TPSA) is 37.4 Å². The van der Waals surface area contributed by atoms with Crippen molar-refractivity contribution in [3.63, 3.8) is 0 Å². The number of benzene rings is 2. The standard InChI is InChI=1S/C17H9Cl2F2NO2S/c18-11-3-1-5-13(20)9(11)7-15-16(23)22(17(24)25-15)8-10-12(19)4-2-6-14(10)21/h1-7H,8H2/b15-7-. The maximum absolute atomic E-state index is 13.9. The highest BCUT2D eigenvalue weighted by Gasteiger charge is 2.36. The van der Waals surface area contributed by atoms with Gasteiger partial charge >= 0.3 is 0 Å². The molecule has 0 aliphatic carbocycles. The third-order valence-corrected chi connectivity index (χ3v) is 5.12. The number of nitrogens with zero attached hydrogens (tertiary/aromatic N) is 1. The van der Waals surface area contributed by atoms with Crippen molar-refractivity contribution in [2.24, 2.45) is 0 Å². The average Bonchev–Trinajstić information content (AvgIpc) is 2.81. The van der Waals surface area contributed by atoms with E-state index in [9.17, 15) is 18.4 Å². The molecule has 1 fully saturated rings. The van der Waals surface area contributed by atoms with Gasteiger partial charge in [-0.3, -0.25) is 14.5 Å². The first-order chi connectivity index (χ1) is 11.9. The van der Waals surface area contributed by atoms with Gasteiger partial charge in [0.2, 0.25) is 0 Å². The molecular formula is C17H9Cl2F2NO2S. The summed E-state index contributed by atoms with van der Waals surface area (Å²) in [6.45, 7) is -0.307. The molecule has 0 spiro atoms. The van der Waals surface area contributed by atoms with Gasteiger partial charge in [-0.15, -0.1) is 0 Å². The molecule has 2 aromatic carbocycles. The molecular weight excluding hydrogens is 391 g/mol. The molecule has 3 rings (SSSR count). The van der Waals surface area contributed by atoms with Gasteiger partial charge in [-0.1, -0.05) is 35.3 Å². The predicted molar refractivity (Wildman–Crippen MR) is 94.3 cm³/mol. The van der Waals surface area contributed by atoms with Crippen LogP contribution in [0.1, 0.15) is 11.1 Å². The third-order valence-electron chi connectivity index (χ3n) is 3.53. The van der Waals surface area contributed by atoms with Crippen molar-refractivity contribution < 1.29 is 18.4 Å². The number of thioether (sulfide) groups is 1. The number of hydrogen-bond donors (Lipinski definition) is 0. The molecule has 2 aromatic rings. The van der Waals surface area contributed by atoms with Crippen molar-refractivity contribution in [3.05, 3.63) is 74.1 Å². The van der Waals surface area contributed by atoms with Gasteiger partial charge in [0.05, 0.1) is 16.5 Å². The van der Waals surface area contributed by atoms with Crippen LogP contribution in [0.3, 0.4) is 0 Å². The van der Waals surface area contributed by atoms with Crippen LogP contribution in [0.2, 0.25) is 10.0 Å². The summed E-state index contributed by atoms with van der Waals surface area (Å²) in [5, 5.41) is -0.368. The van der Waals surface area contributed by atoms with Crippen molar-refractivity contribution in [2.75, 3.05) is 0 Å². The first-order valence-electron chi connectivity index (χ1n) is 7.00. The average molecular weight is 400 g/mol. The van der Waals surface area contributed by atoms with Crippen molar-refractivity contribution in [1.82, 2.24) is 4.90 Å². The Balaban J connectivity index is 1.92. The van der Waals surface area contributed by atoms with Crippen LogP contribution in [0, 0.1) is 11.6 Å². The van der Waals surface area contributed by atoms with E-state index < -0.39 is 22.8 Å². The van der Waals surface area contributed by atoms with Crippen molar-refractivity contribution in [1.29, 1.82) is 0 Å². The summed E-state index contributed by atoms with van der Waals surface area (Å²) < 4.78 is 27.7. The Bertz CT molecular complexity index is 877. The van der Waals surface area contributed by atoms with Gasteiger partial charge in [0, 0.05) is 16.1 Å². The molecule has 1 aliphatic rings. The van der Waals surface area contributed by atoms with Gasteiger partial charge in [0.15, 0.2) is 0 Å². The second-order valence-electron chi connectivity index (χ2n) is 5.10. The van der Waals surface area contributed by atoms with Crippen molar-refractivity contribution in [3.8, 4) is 0 Å². The molecule has 2 amide bonds. The van der Waals surface area contributed by atoms with E-state index >= 15 is 0 Å². The first-order valence-corrected chi connectivity index (χ1v) is 8.58. The van der Waals surface area contributed by atoms with E-state index in [1.807, 2.05) is 0 Å². The number of halogens is 4.